The Labute approximate surface area is 130 Å². The van der Waals surface area contributed by atoms with Crippen LogP contribution in [0.15, 0.2) is 48.9 Å². The van der Waals surface area contributed by atoms with Crippen LogP contribution in [0.1, 0.15) is 10.4 Å². The summed E-state index contributed by atoms with van der Waals surface area (Å²) in [6.07, 6.45) is 4.51. The summed E-state index contributed by atoms with van der Waals surface area (Å²) in [6.45, 7) is 0. The second-order valence-electron chi connectivity index (χ2n) is 4.32. The number of nitrogens with zero attached hydrogens (tertiary/aromatic N) is 4. The van der Waals surface area contributed by atoms with Gasteiger partial charge in [0, 0.05) is 23.0 Å². The van der Waals surface area contributed by atoms with Crippen LogP contribution in [0.3, 0.4) is 0 Å². The molecule has 0 unspecified atom stereocenters. The molecule has 0 aliphatic carbocycles. The van der Waals surface area contributed by atoms with E-state index in [1.807, 2.05) is 0 Å². The molecular weight excluding hydrogens is 306 g/mol. The van der Waals surface area contributed by atoms with E-state index >= 15 is 0 Å². The molecule has 0 atom stereocenters. The Morgan fingerprint density at radius 3 is 2.86 bits per heavy atom. The molecule has 3 rings (SSSR count). The number of aromatic nitrogens is 4. The third kappa shape index (κ3) is 2.89. The van der Waals surface area contributed by atoms with E-state index in [1.54, 1.807) is 36.7 Å². The zero-order chi connectivity index (χ0) is 15.5. The number of benzene rings is 1. The zero-order valence-electron chi connectivity index (χ0n) is 11.1. The molecule has 3 aromatic rings. The predicted molar refractivity (Wildman–Crippen MR) is 80.2 cm³/mol. The van der Waals surface area contributed by atoms with Crippen molar-refractivity contribution in [2.24, 2.45) is 0 Å². The van der Waals surface area contributed by atoms with E-state index in [1.165, 1.54) is 16.9 Å². The van der Waals surface area contributed by atoms with E-state index in [4.69, 9.17) is 11.6 Å². The minimum absolute atomic E-state index is 0.0980. The highest BCUT2D eigenvalue weighted by Gasteiger charge is 2.12. The molecule has 1 amide bonds. The molecule has 2 aromatic heterocycles. The van der Waals surface area contributed by atoms with Crippen LogP contribution in [0.2, 0.25) is 5.02 Å². The van der Waals surface area contributed by atoms with Gasteiger partial charge in [-0.3, -0.25) is 4.79 Å². The van der Waals surface area contributed by atoms with Crippen molar-refractivity contribution in [3.63, 3.8) is 0 Å². The van der Waals surface area contributed by atoms with Gasteiger partial charge in [0.1, 0.15) is 5.69 Å². The minimum Gasteiger partial charge on any atom is -0.492 e. The van der Waals surface area contributed by atoms with Gasteiger partial charge < -0.3 is 10.4 Å². The molecule has 0 aliphatic rings. The number of hydrogen-bond acceptors (Lipinski definition) is 5. The molecule has 0 saturated carbocycles. The van der Waals surface area contributed by atoms with E-state index in [9.17, 15) is 9.90 Å². The Morgan fingerprint density at radius 2 is 2.18 bits per heavy atom. The monoisotopic (exact) mass is 315 g/mol. The molecule has 0 saturated heterocycles. The molecule has 7 nitrogen and oxygen atoms in total. The van der Waals surface area contributed by atoms with E-state index in [2.05, 4.69) is 20.4 Å². The zero-order valence-corrected chi connectivity index (χ0v) is 11.9. The molecule has 2 heterocycles. The lowest BCUT2D eigenvalue weighted by molar-refractivity contribution is 0.102. The Bertz CT molecular complexity index is 820. The van der Waals surface area contributed by atoms with Crippen LogP contribution in [0.5, 0.6) is 5.88 Å². The number of halogens is 1. The van der Waals surface area contributed by atoms with Gasteiger partial charge in [0.2, 0.25) is 5.88 Å². The van der Waals surface area contributed by atoms with Crippen LogP contribution in [-0.4, -0.2) is 30.8 Å². The second kappa shape index (κ2) is 5.82. The molecule has 8 heteroatoms. The van der Waals surface area contributed by atoms with Gasteiger partial charge in [0.05, 0.1) is 6.20 Å². The molecule has 0 radical (unpaired) electrons. The molecule has 0 spiro atoms. The lowest BCUT2D eigenvalue weighted by Crippen LogP contribution is -2.13. The number of rotatable bonds is 3. The quantitative estimate of drug-likeness (QED) is 0.773. The molecule has 110 valence electrons. The maximum atomic E-state index is 12.1. The summed E-state index contributed by atoms with van der Waals surface area (Å²) >= 11 is 5.84. The predicted octanol–water partition coefficient (Wildman–Crippen LogP) is 2.27. The van der Waals surface area contributed by atoms with E-state index < -0.39 is 5.91 Å². The molecule has 0 aliphatic heterocycles. The first-order valence-electron chi connectivity index (χ1n) is 6.26. The van der Waals surface area contributed by atoms with Gasteiger partial charge in [-0.15, -0.1) is 0 Å². The van der Waals surface area contributed by atoms with Crippen molar-refractivity contribution < 1.29 is 9.90 Å². The number of carbonyl (C=O) groups is 1. The first-order chi connectivity index (χ1) is 10.6. The van der Waals surface area contributed by atoms with Crippen molar-refractivity contribution in [2.75, 3.05) is 5.32 Å². The highest BCUT2D eigenvalue weighted by atomic mass is 35.5. The summed E-state index contributed by atoms with van der Waals surface area (Å²) in [7, 11) is 0. The fraction of sp³-hybridized carbons (Fsp3) is 0. The highest BCUT2D eigenvalue weighted by Crippen LogP contribution is 2.21. The number of nitrogens with one attached hydrogen (secondary N) is 1. The lowest BCUT2D eigenvalue weighted by Gasteiger charge is -2.07. The maximum absolute atomic E-state index is 12.1. The summed E-state index contributed by atoms with van der Waals surface area (Å²) in [5.74, 6) is -0.577. The van der Waals surface area contributed by atoms with Crippen molar-refractivity contribution in [1.82, 2.24) is 19.7 Å². The van der Waals surface area contributed by atoms with E-state index in [-0.39, 0.29) is 17.5 Å². The third-order valence-corrected chi connectivity index (χ3v) is 3.04. The summed E-state index contributed by atoms with van der Waals surface area (Å²) in [4.78, 5) is 20.0. The molecule has 0 bridgehead atoms. The minimum atomic E-state index is -0.423. The summed E-state index contributed by atoms with van der Waals surface area (Å²) in [6, 6.07) is 8.16. The van der Waals surface area contributed by atoms with Gasteiger partial charge in [-0.2, -0.15) is 10.1 Å². The number of aromatic hydroxyl groups is 1. The number of anilines is 1. The smallest absolute Gasteiger partial charge is 0.255 e. The standard InChI is InChI=1S/C14H10ClN5O2/c15-10-4-1-3-9(7-10)12(21)18-11-8-16-14(19-13(11)22)20-6-2-5-17-20/h1-8H,(H,18,21)(H,16,19,22). The SMILES string of the molecule is O=C(Nc1cnc(-n2cccn2)nc1O)c1cccc(Cl)c1. The number of amides is 1. The normalized spacial score (nSPS) is 10.4. The average Bonchev–Trinajstić information content (AvgIpc) is 3.03. The first-order valence-corrected chi connectivity index (χ1v) is 6.64. The molecular formula is C14H10ClN5O2. The Kier molecular flexibility index (Phi) is 3.71. The summed E-state index contributed by atoms with van der Waals surface area (Å²) < 4.78 is 1.39. The van der Waals surface area contributed by atoms with Crippen molar-refractivity contribution in [3.05, 3.63) is 59.5 Å². The van der Waals surface area contributed by atoms with Crippen LogP contribution in [0, 0.1) is 0 Å². The lowest BCUT2D eigenvalue weighted by atomic mass is 10.2. The van der Waals surface area contributed by atoms with Gasteiger partial charge in [0.25, 0.3) is 11.9 Å². The number of carbonyl (C=O) groups excluding carboxylic acids is 1. The Hall–Kier alpha value is -2.93. The first kappa shape index (κ1) is 14.0. The highest BCUT2D eigenvalue weighted by molar-refractivity contribution is 6.31. The summed E-state index contributed by atoms with van der Waals surface area (Å²) in [5.41, 5.74) is 0.462. The largest absolute Gasteiger partial charge is 0.492 e. The molecule has 2 N–H and O–H groups in total. The van der Waals surface area contributed by atoms with Crippen LogP contribution in [0.25, 0.3) is 5.95 Å². The maximum Gasteiger partial charge on any atom is 0.255 e. The summed E-state index contributed by atoms with van der Waals surface area (Å²) in [5, 5.41) is 16.8. The topological polar surface area (TPSA) is 92.9 Å². The molecule has 1 aromatic carbocycles. The molecule has 0 fully saturated rings. The average molecular weight is 316 g/mol. The fourth-order valence-electron chi connectivity index (χ4n) is 1.77. The van der Waals surface area contributed by atoms with Crippen molar-refractivity contribution in [1.29, 1.82) is 0 Å². The van der Waals surface area contributed by atoms with Gasteiger partial charge in [-0.05, 0) is 24.3 Å². The van der Waals surface area contributed by atoms with Gasteiger partial charge in [0.15, 0.2) is 0 Å². The van der Waals surface area contributed by atoms with Crippen LogP contribution < -0.4 is 5.32 Å². The van der Waals surface area contributed by atoms with E-state index in [0.717, 1.165) is 0 Å². The Balaban J connectivity index is 1.82. The molecule has 22 heavy (non-hydrogen) atoms. The number of hydrogen-bond donors (Lipinski definition) is 2. The van der Waals surface area contributed by atoms with Gasteiger partial charge >= 0.3 is 0 Å². The van der Waals surface area contributed by atoms with Gasteiger partial charge in [-0.25, -0.2) is 9.67 Å². The fourth-order valence-corrected chi connectivity index (χ4v) is 1.96. The van der Waals surface area contributed by atoms with Crippen molar-refractivity contribution >= 4 is 23.2 Å². The Morgan fingerprint density at radius 1 is 1.32 bits per heavy atom. The van der Waals surface area contributed by atoms with Crippen LogP contribution in [-0.2, 0) is 0 Å². The van der Waals surface area contributed by atoms with Crippen LogP contribution >= 0.6 is 11.6 Å². The van der Waals surface area contributed by atoms with Crippen LogP contribution in [0.4, 0.5) is 5.69 Å². The van der Waals surface area contributed by atoms with Crippen molar-refractivity contribution in [3.8, 4) is 11.8 Å². The van der Waals surface area contributed by atoms with Gasteiger partial charge in [-0.1, -0.05) is 17.7 Å². The van der Waals surface area contributed by atoms with E-state index in [0.29, 0.717) is 10.6 Å². The third-order valence-electron chi connectivity index (χ3n) is 2.80. The second-order valence-corrected chi connectivity index (χ2v) is 4.76. The van der Waals surface area contributed by atoms with Crippen molar-refractivity contribution in [2.45, 2.75) is 0 Å².